The molecule has 1 heterocycles. The Hall–Kier alpha value is -1.80. The first-order valence-electron chi connectivity index (χ1n) is 5.12. The average molecular weight is 259 g/mol. The summed E-state index contributed by atoms with van der Waals surface area (Å²) in [5.74, 6) is -1.13. The number of hydrazine groups is 1. The van der Waals surface area contributed by atoms with Crippen molar-refractivity contribution in [3.63, 3.8) is 0 Å². The number of aliphatic imine (C=N–C) groups is 1. The van der Waals surface area contributed by atoms with Crippen molar-refractivity contribution in [2.24, 2.45) is 16.5 Å². The van der Waals surface area contributed by atoms with Gasteiger partial charge < -0.3 is 5.73 Å². The van der Waals surface area contributed by atoms with Gasteiger partial charge in [-0.2, -0.15) is 18.6 Å². The second-order valence-corrected chi connectivity index (χ2v) is 4.05. The first-order valence-corrected chi connectivity index (χ1v) is 5.12. The standard InChI is InChI=1S/C10H12F3N5/c11-10(12,13)7-3-1-2-6(4-7)5-9(15)16-8(14)17-18-9/h1-4,18H,5,15H2,(H3,14,16,17). The molecular weight excluding hydrogens is 247 g/mol. The van der Waals surface area contributed by atoms with Crippen molar-refractivity contribution in [1.82, 2.24) is 10.9 Å². The van der Waals surface area contributed by atoms with Crippen LogP contribution < -0.4 is 22.3 Å². The minimum Gasteiger partial charge on any atom is -0.369 e. The van der Waals surface area contributed by atoms with Gasteiger partial charge in [0, 0.05) is 6.42 Å². The maximum Gasteiger partial charge on any atom is 0.416 e. The van der Waals surface area contributed by atoms with E-state index in [1.165, 1.54) is 6.07 Å². The molecule has 1 atom stereocenters. The molecule has 2 rings (SSSR count). The zero-order chi connectivity index (χ0) is 13.4. The van der Waals surface area contributed by atoms with E-state index in [0.717, 1.165) is 12.1 Å². The number of alkyl halides is 3. The molecule has 0 aromatic heterocycles. The SMILES string of the molecule is NC1=NC(N)(Cc2cccc(C(F)(F)F)c2)NN1. The molecule has 0 amide bonds. The topological polar surface area (TPSA) is 88.5 Å². The molecule has 1 aromatic rings. The highest BCUT2D eigenvalue weighted by Crippen LogP contribution is 2.30. The number of nitrogens with two attached hydrogens (primary N) is 2. The van der Waals surface area contributed by atoms with E-state index in [0.29, 0.717) is 5.56 Å². The van der Waals surface area contributed by atoms with Gasteiger partial charge in [-0.05, 0) is 11.6 Å². The highest BCUT2D eigenvalue weighted by Gasteiger charge is 2.33. The van der Waals surface area contributed by atoms with Crippen molar-refractivity contribution in [3.8, 4) is 0 Å². The third kappa shape index (κ3) is 2.71. The van der Waals surface area contributed by atoms with Gasteiger partial charge in [-0.15, -0.1) is 0 Å². The minimum atomic E-state index is -4.37. The van der Waals surface area contributed by atoms with Gasteiger partial charge in [-0.3, -0.25) is 11.2 Å². The summed E-state index contributed by atoms with van der Waals surface area (Å²) in [7, 11) is 0. The van der Waals surface area contributed by atoms with Crippen LogP contribution in [0.5, 0.6) is 0 Å². The van der Waals surface area contributed by atoms with Crippen LogP contribution in [-0.2, 0) is 12.6 Å². The summed E-state index contributed by atoms with van der Waals surface area (Å²) in [4.78, 5) is 3.88. The van der Waals surface area contributed by atoms with Crippen molar-refractivity contribution in [1.29, 1.82) is 0 Å². The molecular formula is C10H12F3N5. The van der Waals surface area contributed by atoms with E-state index in [9.17, 15) is 13.2 Å². The summed E-state index contributed by atoms with van der Waals surface area (Å²) in [6.07, 6.45) is -4.29. The van der Waals surface area contributed by atoms with Crippen LogP contribution >= 0.6 is 0 Å². The van der Waals surface area contributed by atoms with E-state index in [-0.39, 0.29) is 12.4 Å². The van der Waals surface area contributed by atoms with Gasteiger partial charge in [0.15, 0.2) is 5.79 Å². The third-order valence-corrected chi connectivity index (χ3v) is 2.45. The first kappa shape index (κ1) is 12.7. The van der Waals surface area contributed by atoms with Crippen molar-refractivity contribution < 1.29 is 13.2 Å². The molecule has 0 saturated heterocycles. The molecule has 0 saturated carbocycles. The third-order valence-electron chi connectivity index (χ3n) is 2.45. The zero-order valence-corrected chi connectivity index (χ0v) is 9.25. The number of nitrogens with zero attached hydrogens (tertiary/aromatic N) is 1. The van der Waals surface area contributed by atoms with Crippen LogP contribution in [0, 0.1) is 0 Å². The molecule has 1 aliphatic rings. The highest BCUT2D eigenvalue weighted by molar-refractivity contribution is 5.79. The number of hydrogen-bond donors (Lipinski definition) is 4. The van der Waals surface area contributed by atoms with E-state index in [2.05, 4.69) is 15.8 Å². The summed E-state index contributed by atoms with van der Waals surface area (Å²) < 4.78 is 37.6. The van der Waals surface area contributed by atoms with Gasteiger partial charge in [-0.1, -0.05) is 18.2 Å². The van der Waals surface area contributed by atoms with Gasteiger partial charge in [0.1, 0.15) is 0 Å². The number of guanidine groups is 1. The Labute approximate surface area is 101 Å². The predicted octanol–water partition coefficient (Wildman–Crippen LogP) is 0.283. The second kappa shape index (κ2) is 4.14. The van der Waals surface area contributed by atoms with Crippen molar-refractivity contribution in [2.45, 2.75) is 18.4 Å². The number of halogens is 3. The summed E-state index contributed by atoms with van der Waals surface area (Å²) in [5, 5.41) is 0. The van der Waals surface area contributed by atoms with Crippen LogP contribution in [0.15, 0.2) is 29.3 Å². The highest BCUT2D eigenvalue weighted by atomic mass is 19.4. The Morgan fingerprint density at radius 1 is 1.33 bits per heavy atom. The van der Waals surface area contributed by atoms with Gasteiger partial charge in [0.05, 0.1) is 5.56 Å². The Bertz CT molecular complexity index is 485. The zero-order valence-electron chi connectivity index (χ0n) is 9.25. The Morgan fingerprint density at radius 3 is 2.61 bits per heavy atom. The van der Waals surface area contributed by atoms with Gasteiger partial charge in [0.25, 0.3) is 0 Å². The summed E-state index contributed by atoms with van der Waals surface area (Å²) in [6.45, 7) is 0. The molecule has 0 fully saturated rings. The number of benzene rings is 1. The largest absolute Gasteiger partial charge is 0.416 e. The number of nitrogens with one attached hydrogen (secondary N) is 2. The van der Waals surface area contributed by atoms with Crippen molar-refractivity contribution in [2.75, 3.05) is 0 Å². The fourth-order valence-electron chi connectivity index (χ4n) is 1.70. The van der Waals surface area contributed by atoms with Crippen molar-refractivity contribution in [3.05, 3.63) is 35.4 Å². The molecule has 98 valence electrons. The molecule has 5 nitrogen and oxygen atoms in total. The van der Waals surface area contributed by atoms with Crippen LogP contribution in [0.3, 0.4) is 0 Å². The lowest BCUT2D eigenvalue weighted by atomic mass is 10.0. The maximum absolute atomic E-state index is 12.5. The molecule has 0 radical (unpaired) electrons. The van der Waals surface area contributed by atoms with Crippen LogP contribution in [0.2, 0.25) is 0 Å². The quantitative estimate of drug-likeness (QED) is 0.614. The maximum atomic E-state index is 12.5. The number of hydrogen-bond acceptors (Lipinski definition) is 5. The van der Waals surface area contributed by atoms with Crippen LogP contribution in [0.1, 0.15) is 11.1 Å². The Morgan fingerprint density at radius 2 is 2.06 bits per heavy atom. The molecule has 6 N–H and O–H groups in total. The minimum absolute atomic E-state index is 0.0879. The molecule has 1 aliphatic heterocycles. The molecule has 0 spiro atoms. The molecule has 18 heavy (non-hydrogen) atoms. The lowest BCUT2D eigenvalue weighted by Gasteiger charge is -2.20. The molecule has 8 heteroatoms. The molecule has 0 aliphatic carbocycles. The van der Waals surface area contributed by atoms with E-state index in [4.69, 9.17) is 11.5 Å². The number of rotatable bonds is 2. The van der Waals surface area contributed by atoms with Crippen LogP contribution in [-0.4, -0.2) is 11.7 Å². The summed E-state index contributed by atoms with van der Waals surface area (Å²) in [5.41, 5.74) is 16.0. The lowest BCUT2D eigenvalue weighted by Crippen LogP contribution is -2.54. The van der Waals surface area contributed by atoms with E-state index >= 15 is 0 Å². The molecule has 1 aromatic carbocycles. The predicted molar refractivity (Wildman–Crippen MR) is 60.0 cm³/mol. The van der Waals surface area contributed by atoms with Gasteiger partial charge in [0.2, 0.25) is 5.96 Å². The molecule has 1 unspecified atom stereocenters. The fraction of sp³-hybridized carbons (Fsp3) is 0.300. The summed E-state index contributed by atoms with van der Waals surface area (Å²) in [6, 6.07) is 4.93. The molecule has 0 bridgehead atoms. The smallest absolute Gasteiger partial charge is 0.369 e. The summed E-state index contributed by atoms with van der Waals surface area (Å²) >= 11 is 0. The van der Waals surface area contributed by atoms with E-state index in [1.807, 2.05) is 0 Å². The van der Waals surface area contributed by atoms with Crippen LogP contribution in [0.25, 0.3) is 0 Å². The average Bonchev–Trinajstić information content (AvgIpc) is 2.57. The second-order valence-electron chi connectivity index (χ2n) is 4.05. The van der Waals surface area contributed by atoms with Gasteiger partial charge >= 0.3 is 6.18 Å². The normalized spacial score (nSPS) is 23.7. The fourth-order valence-corrected chi connectivity index (χ4v) is 1.70. The van der Waals surface area contributed by atoms with E-state index in [1.54, 1.807) is 6.07 Å². The monoisotopic (exact) mass is 259 g/mol. The van der Waals surface area contributed by atoms with Gasteiger partial charge in [-0.25, -0.2) is 4.99 Å². The van der Waals surface area contributed by atoms with Crippen LogP contribution in [0.4, 0.5) is 13.2 Å². The van der Waals surface area contributed by atoms with Crippen molar-refractivity contribution >= 4 is 5.96 Å². The first-order chi connectivity index (χ1) is 8.28. The van der Waals surface area contributed by atoms with E-state index < -0.39 is 17.5 Å². The lowest BCUT2D eigenvalue weighted by molar-refractivity contribution is -0.137. The Balaban J connectivity index is 2.20. The Kier molecular flexibility index (Phi) is 2.91.